The van der Waals surface area contributed by atoms with Gasteiger partial charge in [0.15, 0.2) is 0 Å². The van der Waals surface area contributed by atoms with Crippen LogP contribution in [0.3, 0.4) is 0 Å². The Kier molecular flexibility index (Phi) is 7.50. The summed E-state index contributed by atoms with van der Waals surface area (Å²) >= 11 is 0. The van der Waals surface area contributed by atoms with E-state index in [4.69, 9.17) is 9.47 Å². The summed E-state index contributed by atoms with van der Waals surface area (Å²) in [6, 6.07) is 13.6. The zero-order valence-corrected chi connectivity index (χ0v) is 18.2. The van der Waals surface area contributed by atoms with Crippen LogP contribution in [0.1, 0.15) is 32.4 Å². The fourth-order valence-electron chi connectivity index (χ4n) is 2.88. The monoisotopic (exact) mass is 420 g/mol. The summed E-state index contributed by atoms with van der Waals surface area (Å²) in [5, 5.41) is 2.83. The van der Waals surface area contributed by atoms with E-state index in [1.807, 2.05) is 45.0 Å². The molecule has 1 amide bonds. The van der Waals surface area contributed by atoms with E-state index in [2.05, 4.69) is 5.32 Å². The highest BCUT2D eigenvalue weighted by Gasteiger charge is 2.22. The van der Waals surface area contributed by atoms with Crippen molar-refractivity contribution in [3.63, 3.8) is 0 Å². The van der Waals surface area contributed by atoms with E-state index in [1.54, 1.807) is 31.4 Å². The zero-order chi connectivity index (χ0) is 21.6. The number of para-hydroxylation sites is 1. The van der Waals surface area contributed by atoms with Gasteiger partial charge in [-0.2, -0.15) is 0 Å². The number of carbonyl (C=O) groups is 1. The molecule has 1 atom stereocenters. The number of rotatable bonds is 9. The summed E-state index contributed by atoms with van der Waals surface area (Å²) in [6.07, 6.45) is 1.08. The molecule has 0 aliphatic rings. The van der Waals surface area contributed by atoms with Crippen molar-refractivity contribution in [2.24, 2.45) is 0 Å². The summed E-state index contributed by atoms with van der Waals surface area (Å²) in [4.78, 5) is 12.6. The van der Waals surface area contributed by atoms with Crippen LogP contribution in [0.25, 0.3) is 0 Å². The van der Waals surface area contributed by atoms with Gasteiger partial charge in [0.1, 0.15) is 18.0 Å². The highest BCUT2D eigenvalue weighted by Crippen LogP contribution is 2.25. The molecule has 1 N–H and O–H groups in total. The van der Waals surface area contributed by atoms with Crippen LogP contribution in [0.4, 0.5) is 5.69 Å². The Hall–Kier alpha value is -2.74. The van der Waals surface area contributed by atoms with Crippen LogP contribution in [0.15, 0.2) is 48.5 Å². The van der Waals surface area contributed by atoms with Gasteiger partial charge in [0.25, 0.3) is 0 Å². The van der Waals surface area contributed by atoms with E-state index in [0.717, 1.165) is 16.1 Å². The fourth-order valence-corrected chi connectivity index (χ4v) is 3.74. The number of nitrogens with zero attached hydrogens (tertiary/aromatic N) is 1. The molecule has 0 fully saturated rings. The van der Waals surface area contributed by atoms with Crippen molar-refractivity contribution in [3.05, 3.63) is 54.1 Å². The van der Waals surface area contributed by atoms with Crippen LogP contribution in [-0.2, 0) is 14.8 Å². The van der Waals surface area contributed by atoms with Crippen LogP contribution >= 0.6 is 0 Å². The molecule has 0 heterocycles. The molecule has 0 unspecified atom stereocenters. The van der Waals surface area contributed by atoms with Gasteiger partial charge in [-0.25, -0.2) is 8.42 Å². The lowest BCUT2D eigenvalue weighted by Crippen LogP contribution is -2.41. The second-order valence-corrected chi connectivity index (χ2v) is 8.87. The summed E-state index contributed by atoms with van der Waals surface area (Å²) in [5.41, 5.74) is 1.20. The number of carbonyl (C=O) groups excluding carboxylic acids is 1. The molecule has 0 saturated carbocycles. The normalized spacial score (nSPS) is 12.3. The maximum Gasteiger partial charge on any atom is 0.241 e. The first-order valence-electron chi connectivity index (χ1n) is 9.28. The molecule has 29 heavy (non-hydrogen) atoms. The lowest BCUT2D eigenvalue weighted by atomic mass is 10.1. The number of hydrogen-bond donors (Lipinski definition) is 1. The molecule has 7 nitrogen and oxygen atoms in total. The van der Waals surface area contributed by atoms with Gasteiger partial charge >= 0.3 is 0 Å². The van der Waals surface area contributed by atoms with Crippen molar-refractivity contribution < 1.29 is 22.7 Å². The van der Waals surface area contributed by atoms with Gasteiger partial charge in [0, 0.05) is 5.56 Å². The van der Waals surface area contributed by atoms with Gasteiger partial charge in [-0.15, -0.1) is 0 Å². The fraction of sp³-hybridized carbons (Fsp3) is 0.381. The predicted molar refractivity (Wildman–Crippen MR) is 114 cm³/mol. The van der Waals surface area contributed by atoms with Crippen molar-refractivity contribution in [3.8, 4) is 11.5 Å². The van der Waals surface area contributed by atoms with Gasteiger partial charge in [-0.3, -0.25) is 9.10 Å². The first kappa shape index (κ1) is 22.5. The SMILES string of the molecule is COc1ccccc1[C@H](C)NC(=O)CN(c1ccc(OC(C)C)cc1)S(C)(=O)=O. The Labute approximate surface area is 172 Å². The highest BCUT2D eigenvalue weighted by molar-refractivity contribution is 7.92. The van der Waals surface area contributed by atoms with E-state index >= 15 is 0 Å². The summed E-state index contributed by atoms with van der Waals surface area (Å²) in [7, 11) is -2.09. The highest BCUT2D eigenvalue weighted by atomic mass is 32.2. The quantitative estimate of drug-likeness (QED) is 0.674. The molecule has 0 aromatic heterocycles. The van der Waals surface area contributed by atoms with Crippen molar-refractivity contribution in [2.75, 3.05) is 24.2 Å². The average molecular weight is 421 g/mol. The third kappa shape index (κ3) is 6.39. The molecular formula is C21H28N2O5S. The zero-order valence-electron chi connectivity index (χ0n) is 17.4. The lowest BCUT2D eigenvalue weighted by Gasteiger charge is -2.24. The Balaban J connectivity index is 2.15. The van der Waals surface area contributed by atoms with Gasteiger partial charge in [0.05, 0.1) is 31.2 Å². The van der Waals surface area contributed by atoms with Crippen LogP contribution in [0.2, 0.25) is 0 Å². The molecule has 2 aromatic carbocycles. The van der Waals surface area contributed by atoms with Gasteiger partial charge in [-0.05, 0) is 51.1 Å². The molecular weight excluding hydrogens is 392 g/mol. The second kappa shape index (κ2) is 9.65. The molecule has 2 aromatic rings. The molecule has 0 bridgehead atoms. The summed E-state index contributed by atoms with van der Waals surface area (Å²) in [6.45, 7) is 5.30. The molecule has 8 heteroatoms. The molecule has 0 aliphatic heterocycles. The summed E-state index contributed by atoms with van der Waals surface area (Å²) in [5.74, 6) is 0.865. The molecule has 0 radical (unpaired) electrons. The minimum Gasteiger partial charge on any atom is -0.496 e. The Morgan fingerprint density at radius 1 is 1.07 bits per heavy atom. The van der Waals surface area contributed by atoms with Crippen LogP contribution in [-0.4, -0.2) is 40.3 Å². The number of sulfonamides is 1. The van der Waals surface area contributed by atoms with Crippen LogP contribution in [0.5, 0.6) is 11.5 Å². The number of hydrogen-bond acceptors (Lipinski definition) is 5. The van der Waals surface area contributed by atoms with Crippen LogP contribution in [0, 0.1) is 0 Å². The van der Waals surface area contributed by atoms with Gasteiger partial charge < -0.3 is 14.8 Å². The number of amides is 1. The number of benzene rings is 2. The molecule has 158 valence electrons. The van der Waals surface area contributed by atoms with Crippen LogP contribution < -0.4 is 19.1 Å². The smallest absolute Gasteiger partial charge is 0.241 e. The Morgan fingerprint density at radius 3 is 2.24 bits per heavy atom. The standard InChI is InChI=1S/C21H28N2O5S/c1-15(2)28-18-12-10-17(11-13-18)23(29(5,25)26)14-21(24)22-16(3)19-8-6-7-9-20(19)27-4/h6-13,15-16H,14H2,1-5H3,(H,22,24)/t16-/m0/s1. The largest absolute Gasteiger partial charge is 0.496 e. The first-order valence-corrected chi connectivity index (χ1v) is 11.1. The third-order valence-corrected chi connectivity index (χ3v) is 5.31. The predicted octanol–water partition coefficient (Wildman–Crippen LogP) is 3.13. The Morgan fingerprint density at radius 2 is 1.69 bits per heavy atom. The lowest BCUT2D eigenvalue weighted by molar-refractivity contribution is -0.120. The molecule has 2 rings (SSSR count). The average Bonchev–Trinajstić information content (AvgIpc) is 2.65. The third-order valence-electron chi connectivity index (χ3n) is 4.17. The van der Waals surface area contributed by atoms with E-state index in [9.17, 15) is 13.2 Å². The molecule has 0 spiro atoms. The van der Waals surface area contributed by atoms with E-state index in [0.29, 0.717) is 17.2 Å². The maximum atomic E-state index is 12.6. The van der Waals surface area contributed by atoms with Gasteiger partial charge in [0.2, 0.25) is 15.9 Å². The van der Waals surface area contributed by atoms with Crippen molar-refractivity contribution in [2.45, 2.75) is 32.9 Å². The maximum absolute atomic E-state index is 12.6. The topological polar surface area (TPSA) is 84.9 Å². The summed E-state index contributed by atoms with van der Waals surface area (Å²) < 4.78 is 36.5. The molecule has 0 aliphatic carbocycles. The molecule has 0 saturated heterocycles. The number of nitrogens with one attached hydrogen (secondary N) is 1. The van der Waals surface area contributed by atoms with Crippen molar-refractivity contribution in [1.82, 2.24) is 5.32 Å². The van der Waals surface area contributed by atoms with Crippen molar-refractivity contribution in [1.29, 1.82) is 0 Å². The van der Waals surface area contributed by atoms with E-state index < -0.39 is 15.9 Å². The van der Waals surface area contributed by atoms with E-state index in [-0.39, 0.29) is 18.7 Å². The number of anilines is 1. The Bertz CT molecular complexity index is 926. The van der Waals surface area contributed by atoms with Gasteiger partial charge in [-0.1, -0.05) is 18.2 Å². The second-order valence-electron chi connectivity index (χ2n) is 6.96. The first-order chi connectivity index (χ1) is 13.6. The number of ether oxygens (including phenoxy) is 2. The minimum absolute atomic E-state index is 0.00843. The van der Waals surface area contributed by atoms with E-state index in [1.165, 1.54) is 0 Å². The van der Waals surface area contributed by atoms with Crippen molar-refractivity contribution >= 4 is 21.6 Å². The minimum atomic E-state index is -3.66. The number of methoxy groups -OCH3 is 1.